The molecule has 0 amide bonds. The molecule has 218 valence electrons. The second kappa shape index (κ2) is 15.9. The van der Waals surface area contributed by atoms with Crippen molar-refractivity contribution < 1.29 is 0 Å². The third-order valence-electron chi connectivity index (χ3n) is 7.50. The Hall–Kier alpha value is -5.19. The predicted molar refractivity (Wildman–Crippen MR) is 182 cm³/mol. The molecule has 4 heteroatoms. The summed E-state index contributed by atoms with van der Waals surface area (Å²) in [4.78, 5) is 13.4. The van der Waals surface area contributed by atoms with Crippen LogP contribution in [0.5, 0.6) is 0 Å². The van der Waals surface area contributed by atoms with Crippen LogP contribution in [0.3, 0.4) is 0 Å². The fraction of sp³-hybridized carbons (Fsp3) is 0.125. The van der Waals surface area contributed by atoms with Crippen molar-refractivity contribution in [1.29, 1.82) is 0 Å². The number of nitrogens with zero attached hydrogens (tertiary/aromatic N) is 3. The highest BCUT2D eigenvalue weighted by Gasteiger charge is 2.17. The number of benzene rings is 4. The van der Waals surface area contributed by atoms with Gasteiger partial charge in [-0.05, 0) is 53.8 Å². The van der Waals surface area contributed by atoms with E-state index in [4.69, 9.17) is 4.99 Å². The number of aromatic nitrogens is 2. The molecule has 0 fully saturated rings. The maximum absolute atomic E-state index is 4.96. The summed E-state index contributed by atoms with van der Waals surface area (Å²) in [5.74, 6) is 0. The van der Waals surface area contributed by atoms with Crippen LogP contribution in [0.1, 0.15) is 65.4 Å². The Bertz CT molecular complexity index is 1600. The third kappa shape index (κ3) is 8.43. The minimum absolute atomic E-state index is 0.00241. The third-order valence-corrected chi connectivity index (χ3v) is 7.50. The van der Waals surface area contributed by atoms with Crippen LogP contribution in [0.15, 0.2) is 175 Å². The number of aliphatic imine (C=N–C) groups is 1. The molecule has 4 aromatic carbocycles. The lowest BCUT2D eigenvalue weighted by Crippen LogP contribution is -2.25. The quantitative estimate of drug-likeness (QED) is 0.175. The number of rotatable bonds is 9. The average Bonchev–Trinajstić information content (AvgIpc) is 3.12. The van der Waals surface area contributed by atoms with E-state index in [0.717, 1.165) is 11.3 Å². The van der Waals surface area contributed by atoms with Crippen LogP contribution in [0.25, 0.3) is 0 Å². The van der Waals surface area contributed by atoms with Crippen molar-refractivity contribution in [1.82, 2.24) is 15.3 Å². The van der Waals surface area contributed by atoms with Gasteiger partial charge in [-0.1, -0.05) is 133 Å². The summed E-state index contributed by atoms with van der Waals surface area (Å²) in [6.45, 7) is 4.21. The molecule has 44 heavy (non-hydrogen) atoms. The highest BCUT2D eigenvalue weighted by Crippen LogP contribution is 2.27. The van der Waals surface area contributed by atoms with Crippen LogP contribution in [0, 0.1) is 0 Å². The van der Waals surface area contributed by atoms with Crippen molar-refractivity contribution in [2.75, 3.05) is 0 Å². The predicted octanol–water partition coefficient (Wildman–Crippen LogP) is 9.20. The Kier molecular flexibility index (Phi) is 10.9. The van der Waals surface area contributed by atoms with Gasteiger partial charge in [-0.2, -0.15) is 0 Å². The summed E-state index contributed by atoms with van der Waals surface area (Å²) in [6, 6.07) is 50.3. The Morgan fingerprint density at radius 3 is 1.39 bits per heavy atom. The van der Waals surface area contributed by atoms with E-state index >= 15 is 0 Å². The van der Waals surface area contributed by atoms with Crippen molar-refractivity contribution in [2.45, 2.75) is 32.0 Å². The number of nitrogens with one attached hydrogen (secondary N) is 1. The largest absolute Gasteiger partial charge is 0.300 e. The minimum atomic E-state index is 0.00241. The first-order valence-electron chi connectivity index (χ1n) is 15.0. The Balaban J connectivity index is 0.000000175. The van der Waals surface area contributed by atoms with Crippen molar-refractivity contribution in [2.24, 2.45) is 4.99 Å². The van der Waals surface area contributed by atoms with E-state index in [-0.39, 0.29) is 18.1 Å². The molecule has 0 spiro atoms. The van der Waals surface area contributed by atoms with Gasteiger partial charge in [0.05, 0.1) is 6.04 Å². The lowest BCUT2D eigenvalue weighted by molar-refractivity contribution is 0.515. The molecule has 0 aliphatic heterocycles. The molecular weight excluding hydrogens is 536 g/mol. The van der Waals surface area contributed by atoms with E-state index in [1.807, 2.05) is 55.8 Å². The van der Waals surface area contributed by atoms with E-state index in [1.54, 1.807) is 6.20 Å². The second-order valence-corrected chi connectivity index (χ2v) is 10.6. The molecule has 4 nitrogen and oxygen atoms in total. The summed E-state index contributed by atoms with van der Waals surface area (Å²) in [7, 11) is 0. The first kappa shape index (κ1) is 30.3. The van der Waals surface area contributed by atoms with Gasteiger partial charge in [0, 0.05) is 42.1 Å². The summed E-state index contributed by atoms with van der Waals surface area (Å²) in [5.41, 5.74) is 8.16. The normalized spacial score (nSPS) is 12.0. The second-order valence-electron chi connectivity index (χ2n) is 10.6. The first-order chi connectivity index (χ1) is 21.7. The number of pyridine rings is 2. The zero-order chi connectivity index (χ0) is 30.4. The van der Waals surface area contributed by atoms with Crippen molar-refractivity contribution >= 4 is 5.71 Å². The van der Waals surface area contributed by atoms with E-state index in [2.05, 4.69) is 137 Å². The topological polar surface area (TPSA) is 50.2 Å². The van der Waals surface area contributed by atoms with Gasteiger partial charge in [-0.3, -0.25) is 20.3 Å². The molecular formula is C40H38N4. The standard InChI is InChI=1S/C20H20N2.C20H18N2/c2*1-16(19-13-8-14-21-15-19)22-20(17-9-4-2-5-10-17)18-11-6-3-7-12-18/h2-16,20,22H,1H3;2-15,20H,1H3/t16-;/m1./s1. The lowest BCUT2D eigenvalue weighted by atomic mass is 9.97. The molecule has 0 saturated carbocycles. The lowest BCUT2D eigenvalue weighted by Gasteiger charge is -2.24. The molecule has 2 heterocycles. The molecule has 0 aliphatic carbocycles. The van der Waals surface area contributed by atoms with Crippen LogP contribution in [0.2, 0.25) is 0 Å². The van der Waals surface area contributed by atoms with Crippen molar-refractivity contribution in [3.8, 4) is 0 Å². The fourth-order valence-electron chi connectivity index (χ4n) is 5.11. The van der Waals surface area contributed by atoms with Gasteiger partial charge in [0.15, 0.2) is 0 Å². The molecule has 1 atom stereocenters. The number of hydrogen-bond acceptors (Lipinski definition) is 4. The van der Waals surface area contributed by atoms with Crippen LogP contribution in [-0.4, -0.2) is 15.7 Å². The smallest absolute Gasteiger partial charge is 0.100 e. The Morgan fingerprint density at radius 2 is 0.955 bits per heavy atom. The first-order valence-corrected chi connectivity index (χ1v) is 15.0. The highest BCUT2D eigenvalue weighted by molar-refractivity contribution is 5.98. The van der Waals surface area contributed by atoms with Gasteiger partial charge in [-0.15, -0.1) is 0 Å². The Morgan fingerprint density at radius 1 is 0.523 bits per heavy atom. The molecule has 0 saturated heterocycles. The van der Waals surface area contributed by atoms with Crippen LogP contribution in [0.4, 0.5) is 0 Å². The molecule has 6 rings (SSSR count). The highest BCUT2D eigenvalue weighted by atomic mass is 14.9. The molecule has 0 radical (unpaired) electrons. The van der Waals surface area contributed by atoms with Gasteiger partial charge in [0.2, 0.25) is 0 Å². The zero-order valence-electron chi connectivity index (χ0n) is 25.2. The molecule has 0 unspecified atom stereocenters. The van der Waals surface area contributed by atoms with Gasteiger partial charge in [0.1, 0.15) is 6.04 Å². The molecule has 6 aromatic rings. The van der Waals surface area contributed by atoms with Crippen LogP contribution < -0.4 is 5.32 Å². The van der Waals surface area contributed by atoms with E-state index in [1.165, 1.54) is 27.8 Å². The SMILES string of the molecule is CC(=NC(c1ccccc1)c1ccccc1)c1cccnc1.C[C@@H](NC(c1ccccc1)c1ccccc1)c1cccnc1. The fourth-order valence-corrected chi connectivity index (χ4v) is 5.11. The van der Waals surface area contributed by atoms with Gasteiger partial charge < -0.3 is 0 Å². The number of hydrogen-bond donors (Lipinski definition) is 1. The van der Waals surface area contributed by atoms with Crippen molar-refractivity contribution in [3.63, 3.8) is 0 Å². The van der Waals surface area contributed by atoms with Crippen LogP contribution >= 0.6 is 0 Å². The van der Waals surface area contributed by atoms with Crippen LogP contribution in [-0.2, 0) is 0 Å². The average molecular weight is 575 g/mol. The summed E-state index contributed by atoms with van der Waals surface area (Å²) in [5, 5.41) is 3.73. The van der Waals surface area contributed by atoms with Crippen molar-refractivity contribution in [3.05, 3.63) is 204 Å². The maximum atomic E-state index is 4.96. The van der Waals surface area contributed by atoms with E-state index < -0.39 is 0 Å². The summed E-state index contributed by atoms with van der Waals surface area (Å²) < 4.78 is 0. The minimum Gasteiger partial charge on any atom is -0.300 e. The van der Waals surface area contributed by atoms with Gasteiger partial charge in [0.25, 0.3) is 0 Å². The molecule has 0 bridgehead atoms. The molecule has 2 aromatic heterocycles. The molecule has 0 aliphatic rings. The van der Waals surface area contributed by atoms with Gasteiger partial charge >= 0.3 is 0 Å². The summed E-state index contributed by atoms with van der Waals surface area (Å²) >= 11 is 0. The van der Waals surface area contributed by atoms with E-state index in [9.17, 15) is 0 Å². The van der Waals surface area contributed by atoms with E-state index in [0.29, 0.717) is 0 Å². The summed E-state index contributed by atoms with van der Waals surface area (Å²) in [6.07, 6.45) is 7.36. The monoisotopic (exact) mass is 574 g/mol. The zero-order valence-corrected chi connectivity index (χ0v) is 25.2. The van der Waals surface area contributed by atoms with Gasteiger partial charge in [-0.25, -0.2) is 0 Å². The Labute approximate surface area is 261 Å². The maximum Gasteiger partial charge on any atom is 0.100 e. The molecule has 1 N–H and O–H groups in total.